The third-order valence-corrected chi connectivity index (χ3v) is 3.98. The SMILES string of the molecule is O=Cc1c(Cl)cc(C2(CC(=O)O)CC2)c2c1OCO2. The summed E-state index contributed by atoms with van der Waals surface area (Å²) in [4.78, 5) is 22.0. The van der Waals surface area contributed by atoms with Gasteiger partial charge in [-0.3, -0.25) is 9.59 Å². The molecule has 3 rings (SSSR count). The standard InChI is InChI=1S/C13H11ClO5/c14-9-3-8(13(1-2-13)4-10(16)17)12-11(7(9)5-15)18-6-19-12/h3,5H,1-2,4,6H2,(H,16,17). The van der Waals surface area contributed by atoms with Crippen LogP contribution in [0.5, 0.6) is 11.5 Å². The predicted octanol–water partition coefficient (Wildman–Crippen LogP) is 2.39. The molecule has 19 heavy (non-hydrogen) atoms. The van der Waals surface area contributed by atoms with Gasteiger partial charge in [0, 0.05) is 11.0 Å². The zero-order valence-electron chi connectivity index (χ0n) is 9.94. The summed E-state index contributed by atoms with van der Waals surface area (Å²) in [5.74, 6) is -0.0693. The smallest absolute Gasteiger partial charge is 0.304 e. The first-order valence-electron chi connectivity index (χ1n) is 5.87. The molecule has 1 saturated carbocycles. The van der Waals surface area contributed by atoms with Crippen molar-refractivity contribution in [3.05, 3.63) is 22.2 Å². The predicted molar refractivity (Wildman–Crippen MR) is 66.1 cm³/mol. The molecule has 1 aromatic carbocycles. The normalized spacial score (nSPS) is 18.2. The summed E-state index contributed by atoms with van der Waals surface area (Å²) in [6, 6.07) is 1.63. The lowest BCUT2D eigenvalue weighted by Crippen LogP contribution is -2.14. The van der Waals surface area contributed by atoms with Crippen LogP contribution in [0.15, 0.2) is 6.07 Å². The summed E-state index contributed by atoms with van der Waals surface area (Å²) in [5.41, 5.74) is 0.552. The summed E-state index contributed by atoms with van der Waals surface area (Å²) in [6.07, 6.45) is 2.19. The van der Waals surface area contributed by atoms with Crippen LogP contribution in [0.2, 0.25) is 5.02 Å². The van der Waals surface area contributed by atoms with Gasteiger partial charge in [-0.1, -0.05) is 11.6 Å². The molecule has 0 amide bonds. The van der Waals surface area contributed by atoms with Crippen LogP contribution in [-0.2, 0) is 10.2 Å². The van der Waals surface area contributed by atoms with Crippen molar-refractivity contribution < 1.29 is 24.2 Å². The van der Waals surface area contributed by atoms with E-state index in [1.54, 1.807) is 6.07 Å². The molecule has 0 atom stereocenters. The number of hydrogen-bond donors (Lipinski definition) is 1. The fourth-order valence-electron chi connectivity index (χ4n) is 2.54. The van der Waals surface area contributed by atoms with Crippen LogP contribution in [0.25, 0.3) is 0 Å². The molecular weight excluding hydrogens is 272 g/mol. The Hall–Kier alpha value is -1.75. The average Bonchev–Trinajstić information content (AvgIpc) is 2.95. The number of benzene rings is 1. The first-order chi connectivity index (χ1) is 9.07. The van der Waals surface area contributed by atoms with Crippen molar-refractivity contribution in [2.75, 3.05) is 6.79 Å². The lowest BCUT2D eigenvalue weighted by atomic mass is 9.90. The van der Waals surface area contributed by atoms with E-state index in [0.29, 0.717) is 17.8 Å². The van der Waals surface area contributed by atoms with Crippen molar-refractivity contribution in [1.82, 2.24) is 0 Å². The van der Waals surface area contributed by atoms with Gasteiger partial charge in [0.15, 0.2) is 17.8 Å². The minimum atomic E-state index is -0.860. The second kappa shape index (κ2) is 4.13. The highest BCUT2D eigenvalue weighted by molar-refractivity contribution is 6.33. The second-order valence-corrected chi connectivity index (χ2v) is 5.26. The topological polar surface area (TPSA) is 72.8 Å². The molecule has 0 unspecified atom stereocenters. The van der Waals surface area contributed by atoms with E-state index in [2.05, 4.69) is 0 Å². The molecule has 1 aliphatic heterocycles. The van der Waals surface area contributed by atoms with E-state index in [-0.39, 0.29) is 23.8 Å². The zero-order chi connectivity index (χ0) is 13.6. The maximum atomic E-state index is 11.0. The van der Waals surface area contributed by atoms with Gasteiger partial charge in [-0.2, -0.15) is 0 Å². The van der Waals surface area contributed by atoms with Gasteiger partial charge in [0.25, 0.3) is 0 Å². The van der Waals surface area contributed by atoms with Crippen molar-refractivity contribution in [2.24, 2.45) is 0 Å². The molecular formula is C13H11ClO5. The van der Waals surface area contributed by atoms with Gasteiger partial charge >= 0.3 is 5.97 Å². The number of aldehydes is 1. The minimum absolute atomic E-state index is 0.0205. The molecule has 0 bridgehead atoms. The molecule has 1 fully saturated rings. The molecule has 5 nitrogen and oxygen atoms in total. The number of carboxylic acids is 1. The molecule has 1 aliphatic carbocycles. The number of carbonyl (C=O) groups is 2. The summed E-state index contributed by atoms with van der Waals surface area (Å²) in [6.45, 7) is 0.0205. The monoisotopic (exact) mass is 282 g/mol. The lowest BCUT2D eigenvalue weighted by molar-refractivity contribution is -0.137. The number of fused-ring (bicyclic) bond motifs is 1. The first-order valence-corrected chi connectivity index (χ1v) is 6.25. The van der Waals surface area contributed by atoms with E-state index in [1.165, 1.54) is 0 Å². The molecule has 0 spiro atoms. The molecule has 100 valence electrons. The number of aliphatic carboxylic acids is 1. The van der Waals surface area contributed by atoms with E-state index in [1.807, 2.05) is 0 Å². The van der Waals surface area contributed by atoms with Crippen LogP contribution >= 0.6 is 11.6 Å². The van der Waals surface area contributed by atoms with E-state index in [9.17, 15) is 9.59 Å². The average molecular weight is 283 g/mol. The third kappa shape index (κ3) is 1.85. The maximum Gasteiger partial charge on any atom is 0.304 e. The van der Waals surface area contributed by atoms with Crippen molar-refractivity contribution in [2.45, 2.75) is 24.7 Å². The number of rotatable bonds is 4. The zero-order valence-corrected chi connectivity index (χ0v) is 10.7. The summed E-state index contributed by atoms with van der Waals surface area (Å²) >= 11 is 6.07. The van der Waals surface area contributed by atoms with E-state index in [0.717, 1.165) is 18.4 Å². The van der Waals surface area contributed by atoms with Gasteiger partial charge in [0.1, 0.15) is 0 Å². The fourth-order valence-corrected chi connectivity index (χ4v) is 2.78. The van der Waals surface area contributed by atoms with Crippen LogP contribution in [0.4, 0.5) is 0 Å². The van der Waals surface area contributed by atoms with Crippen LogP contribution in [0.3, 0.4) is 0 Å². The molecule has 0 radical (unpaired) electrons. The van der Waals surface area contributed by atoms with E-state index in [4.69, 9.17) is 26.2 Å². The molecule has 0 saturated heterocycles. The molecule has 1 N–H and O–H groups in total. The number of ether oxygens (including phenoxy) is 2. The van der Waals surface area contributed by atoms with Gasteiger partial charge in [0.2, 0.25) is 6.79 Å². The van der Waals surface area contributed by atoms with E-state index < -0.39 is 11.4 Å². The number of halogens is 1. The van der Waals surface area contributed by atoms with Gasteiger partial charge < -0.3 is 14.6 Å². The number of carbonyl (C=O) groups excluding carboxylic acids is 1. The Kier molecular flexibility index (Phi) is 2.67. The summed E-state index contributed by atoms with van der Waals surface area (Å²) in [5, 5.41) is 9.28. The van der Waals surface area contributed by atoms with Gasteiger partial charge in [0.05, 0.1) is 17.0 Å². The Balaban J connectivity index is 2.13. The van der Waals surface area contributed by atoms with Crippen LogP contribution in [0.1, 0.15) is 35.2 Å². The third-order valence-electron chi connectivity index (χ3n) is 3.66. The van der Waals surface area contributed by atoms with Gasteiger partial charge in [-0.05, 0) is 18.9 Å². The Bertz CT molecular complexity index is 577. The molecule has 1 aromatic rings. The lowest BCUT2D eigenvalue weighted by Gasteiger charge is -2.17. The minimum Gasteiger partial charge on any atom is -0.481 e. The molecule has 0 aromatic heterocycles. The Labute approximate surface area is 114 Å². The fraction of sp³-hybridized carbons (Fsp3) is 0.385. The van der Waals surface area contributed by atoms with Crippen LogP contribution in [-0.4, -0.2) is 24.2 Å². The number of hydrogen-bond acceptors (Lipinski definition) is 4. The molecule has 1 heterocycles. The highest BCUT2D eigenvalue weighted by Crippen LogP contribution is 2.57. The highest BCUT2D eigenvalue weighted by Gasteiger charge is 2.49. The Morgan fingerprint density at radius 3 is 2.68 bits per heavy atom. The quantitative estimate of drug-likeness (QED) is 0.859. The highest BCUT2D eigenvalue weighted by atomic mass is 35.5. The van der Waals surface area contributed by atoms with Crippen molar-refractivity contribution in [3.63, 3.8) is 0 Å². The van der Waals surface area contributed by atoms with Gasteiger partial charge in [-0.15, -0.1) is 0 Å². The molecule has 2 aliphatic rings. The summed E-state index contributed by atoms with van der Waals surface area (Å²) in [7, 11) is 0. The Morgan fingerprint density at radius 1 is 1.42 bits per heavy atom. The summed E-state index contributed by atoms with van der Waals surface area (Å²) < 4.78 is 10.7. The second-order valence-electron chi connectivity index (χ2n) is 4.85. The van der Waals surface area contributed by atoms with Gasteiger partial charge in [-0.25, -0.2) is 0 Å². The van der Waals surface area contributed by atoms with Crippen LogP contribution in [0, 0.1) is 0 Å². The largest absolute Gasteiger partial charge is 0.481 e. The Morgan fingerprint density at radius 2 is 2.11 bits per heavy atom. The van der Waals surface area contributed by atoms with Crippen molar-refractivity contribution >= 4 is 23.9 Å². The first kappa shape index (κ1) is 12.3. The van der Waals surface area contributed by atoms with Crippen LogP contribution < -0.4 is 9.47 Å². The number of carboxylic acid groups (broad SMARTS) is 1. The molecule has 6 heteroatoms. The van der Waals surface area contributed by atoms with Crippen molar-refractivity contribution in [1.29, 1.82) is 0 Å². The van der Waals surface area contributed by atoms with E-state index >= 15 is 0 Å². The maximum absolute atomic E-state index is 11.0. The van der Waals surface area contributed by atoms with Crippen molar-refractivity contribution in [3.8, 4) is 11.5 Å².